The minimum Gasteiger partial charge on any atom is -0.371 e. The highest BCUT2D eigenvalue weighted by Gasteiger charge is 2.18. The Morgan fingerprint density at radius 3 is 2.85 bits per heavy atom. The molecule has 1 aromatic carbocycles. The maximum atomic E-state index is 11.1. The van der Waals surface area contributed by atoms with Crippen molar-refractivity contribution in [2.75, 3.05) is 5.32 Å². The third-order valence-corrected chi connectivity index (χ3v) is 3.80. The topological polar surface area (TPSA) is 91.8 Å². The lowest BCUT2D eigenvalue weighted by atomic mass is 10.1. The summed E-state index contributed by atoms with van der Waals surface area (Å²) >= 11 is 1.54. The van der Waals surface area contributed by atoms with Gasteiger partial charge in [0.05, 0.1) is 22.6 Å². The second kappa shape index (κ2) is 5.67. The summed E-state index contributed by atoms with van der Waals surface area (Å²) in [5, 5.41) is 23.8. The first-order valence-electron chi connectivity index (χ1n) is 5.88. The summed E-state index contributed by atoms with van der Waals surface area (Å²) in [6.45, 7) is 3.85. The molecule has 1 N–H and O–H groups in total. The Bertz CT molecular complexity index is 690. The van der Waals surface area contributed by atoms with Crippen LogP contribution < -0.4 is 5.32 Å². The molecule has 0 fully saturated rings. The highest BCUT2D eigenvalue weighted by Crippen LogP contribution is 2.30. The van der Waals surface area contributed by atoms with Crippen LogP contribution in [0.1, 0.15) is 28.4 Å². The van der Waals surface area contributed by atoms with Gasteiger partial charge in [-0.25, -0.2) is 4.98 Å². The largest absolute Gasteiger partial charge is 0.371 e. The van der Waals surface area contributed by atoms with Crippen LogP contribution in [0.5, 0.6) is 0 Å². The molecule has 0 aliphatic rings. The fourth-order valence-electron chi connectivity index (χ4n) is 1.74. The first-order valence-corrected chi connectivity index (χ1v) is 6.70. The van der Waals surface area contributed by atoms with Crippen molar-refractivity contribution in [3.63, 3.8) is 0 Å². The average molecular weight is 288 g/mol. The standard InChI is InChI=1S/C13H12N4O2S/c1-8-7-15-13(20-8)9(2)16-11-4-3-10(6-14)5-12(11)17(18)19/h3-5,7,9,16H,1-2H3. The summed E-state index contributed by atoms with van der Waals surface area (Å²) in [6.07, 6.45) is 1.77. The lowest BCUT2D eigenvalue weighted by molar-refractivity contribution is -0.384. The summed E-state index contributed by atoms with van der Waals surface area (Å²) < 4.78 is 0. The summed E-state index contributed by atoms with van der Waals surface area (Å²) in [7, 11) is 0. The zero-order valence-corrected chi connectivity index (χ0v) is 11.8. The van der Waals surface area contributed by atoms with Crippen LogP contribution in [-0.4, -0.2) is 9.91 Å². The van der Waals surface area contributed by atoms with Crippen molar-refractivity contribution in [3.8, 4) is 6.07 Å². The molecular formula is C13H12N4O2S. The number of anilines is 1. The minimum absolute atomic E-state index is 0.107. The van der Waals surface area contributed by atoms with E-state index in [1.54, 1.807) is 29.7 Å². The summed E-state index contributed by atoms with van der Waals surface area (Å²) in [5.74, 6) is 0. The normalized spacial score (nSPS) is 11.7. The van der Waals surface area contributed by atoms with Gasteiger partial charge in [-0.3, -0.25) is 10.1 Å². The van der Waals surface area contributed by atoms with Crippen LogP contribution in [0.15, 0.2) is 24.4 Å². The summed E-state index contributed by atoms with van der Waals surface area (Å²) in [6, 6.07) is 6.12. The van der Waals surface area contributed by atoms with Gasteiger partial charge in [-0.2, -0.15) is 5.26 Å². The number of hydrogen-bond acceptors (Lipinski definition) is 6. The molecule has 102 valence electrons. The van der Waals surface area contributed by atoms with Crippen molar-refractivity contribution < 1.29 is 4.92 Å². The van der Waals surface area contributed by atoms with Gasteiger partial charge in [-0.15, -0.1) is 11.3 Å². The maximum Gasteiger partial charge on any atom is 0.293 e. The van der Waals surface area contributed by atoms with Gasteiger partial charge in [-0.05, 0) is 26.0 Å². The third-order valence-electron chi connectivity index (χ3n) is 2.71. The molecule has 2 rings (SSSR count). The van der Waals surface area contributed by atoms with Gasteiger partial charge in [0.15, 0.2) is 0 Å². The lowest BCUT2D eigenvalue weighted by Gasteiger charge is -2.12. The quantitative estimate of drug-likeness (QED) is 0.687. The second-order valence-corrected chi connectivity index (χ2v) is 5.54. The van der Waals surface area contributed by atoms with Crippen LogP contribution in [0.25, 0.3) is 0 Å². The summed E-state index contributed by atoms with van der Waals surface area (Å²) in [5.41, 5.74) is 0.540. The first-order chi connectivity index (χ1) is 9.51. The molecule has 2 aromatic rings. The molecule has 0 radical (unpaired) electrons. The first kappa shape index (κ1) is 14.0. The molecule has 0 saturated heterocycles. The molecule has 0 aliphatic carbocycles. The Morgan fingerprint density at radius 2 is 2.30 bits per heavy atom. The molecule has 0 spiro atoms. The molecule has 1 atom stereocenters. The molecule has 0 bridgehead atoms. The van der Waals surface area contributed by atoms with E-state index in [0.717, 1.165) is 9.88 Å². The minimum atomic E-state index is -0.497. The van der Waals surface area contributed by atoms with E-state index < -0.39 is 4.92 Å². The number of hydrogen-bond donors (Lipinski definition) is 1. The van der Waals surface area contributed by atoms with E-state index in [1.165, 1.54) is 6.07 Å². The van der Waals surface area contributed by atoms with Crippen LogP contribution in [-0.2, 0) is 0 Å². The van der Waals surface area contributed by atoms with Crippen molar-refractivity contribution in [1.29, 1.82) is 5.26 Å². The van der Waals surface area contributed by atoms with Crippen molar-refractivity contribution in [2.45, 2.75) is 19.9 Å². The van der Waals surface area contributed by atoms with Crippen molar-refractivity contribution in [2.24, 2.45) is 0 Å². The predicted octanol–water partition coefficient (Wildman–Crippen LogP) is 3.40. The molecule has 0 aliphatic heterocycles. The maximum absolute atomic E-state index is 11.1. The van der Waals surface area contributed by atoms with Crippen LogP contribution in [0.4, 0.5) is 11.4 Å². The van der Waals surface area contributed by atoms with Crippen molar-refractivity contribution >= 4 is 22.7 Å². The number of nitro benzene ring substituents is 1. The van der Waals surface area contributed by atoms with E-state index in [-0.39, 0.29) is 17.3 Å². The van der Waals surface area contributed by atoms with E-state index in [1.807, 2.05) is 19.9 Å². The van der Waals surface area contributed by atoms with E-state index >= 15 is 0 Å². The molecule has 1 heterocycles. The Labute approximate surface area is 119 Å². The fraction of sp³-hybridized carbons (Fsp3) is 0.231. The molecule has 7 heteroatoms. The van der Waals surface area contributed by atoms with E-state index in [2.05, 4.69) is 10.3 Å². The third kappa shape index (κ3) is 2.92. The second-order valence-electron chi connectivity index (χ2n) is 4.28. The van der Waals surface area contributed by atoms with Crippen LogP contribution in [0.3, 0.4) is 0 Å². The number of nitrogens with one attached hydrogen (secondary N) is 1. The fourth-order valence-corrected chi connectivity index (χ4v) is 2.52. The highest BCUT2D eigenvalue weighted by atomic mass is 32.1. The van der Waals surface area contributed by atoms with Gasteiger partial charge in [0.2, 0.25) is 0 Å². The number of nitrogens with zero attached hydrogens (tertiary/aromatic N) is 3. The summed E-state index contributed by atoms with van der Waals surface area (Å²) in [4.78, 5) is 15.9. The van der Waals surface area contributed by atoms with Gasteiger partial charge < -0.3 is 5.32 Å². The van der Waals surface area contributed by atoms with E-state index in [9.17, 15) is 10.1 Å². The number of rotatable bonds is 4. The Kier molecular flexibility index (Phi) is 3.96. The van der Waals surface area contributed by atoms with Gasteiger partial charge in [0.1, 0.15) is 10.7 Å². The molecule has 1 aromatic heterocycles. The van der Waals surface area contributed by atoms with Crippen LogP contribution >= 0.6 is 11.3 Å². The molecule has 0 saturated carbocycles. The van der Waals surface area contributed by atoms with Crippen LogP contribution in [0.2, 0.25) is 0 Å². The van der Waals surface area contributed by atoms with Crippen molar-refractivity contribution in [3.05, 3.63) is 50.0 Å². The molecule has 20 heavy (non-hydrogen) atoms. The molecule has 6 nitrogen and oxygen atoms in total. The highest BCUT2D eigenvalue weighted by molar-refractivity contribution is 7.11. The number of aromatic nitrogens is 1. The van der Waals surface area contributed by atoms with Crippen molar-refractivity contribution in [1.82, 2.24) is 4.98 Å². The Balaban J connectivity index is 2.29. The zero-order valence-electron chi connectivity index (χ0n) is 11.0. The molecule has 0 amide bonds. The average Bonchev–Trinajstić information content (AvgIpc) is 2.85. The number of nitro groups is 1. The smallest absolute Gasteiger partial charge is 0.293 e. The Morgan fingerprint density at radius 1 is 1.55 bits per heavy atom. The van der Waals surface area contributed by atoms with E-state index in [0.29, 0.717) is 5.69 Å². The number of thiazole rings is 1. The lowest BCUT2D eigenvalue weighted by Crippen LogP contribution is -2.08. The van der Waals surface area contributed by atoms with Crippen LogP contribution in [0, 0.1) is 28.4 Å². The van der Waals surface area contributed by atoms with Gasteiger partial charge >= 0.3 is 0 Å². The van der Waals surface area contributed by atoms with Gasteiger partial charge in [0, 0.05) is 17.1 Å². The molecular weight excluding hydrogens is 276 g/mol. The zero-order chi connectivity index (χ0) is 14.7. The SMILES string of the molecule is Cc1cnc(C(C)Nc2ccc(C#N)cc2[N+](=O)[O-])s1. The monoisotopic (exact) mass is 288 g/mol. The number of benzene rings is 1. The van der Waals surface area contributed by atoms with Gasteiger partial charge in [0.25, 0.3) is 5.69 Å². The Hall–Kier alpha value is -2.46. The van der Waals surface area contributed by atoms with E-state index in [4.69, 9.17) is 5.26 Å². The number of nitriles is 1. The number of aryl methyl sites for hydroxylation is 1. The van der Waals surface area contributed by atoms with Gasteiger partial charge in [-0.1, -0.05) is 0 Å². The predicted molar refractivity (Wildman–Crippen MR) is 76.7 cm³/mol. The molecule has 1 unspecified atom stereocenters.